The minimum absolute atomic E-state index is 0.0982. The highest BCUT2D eigenvalue weighted by Crippen LogP contribution is 2.76. The van der Waals surface area contributed by atoms with Crippen molar-refractivity contribution in [2.45, 2.75) is 241 Å². The van der Waals surface area contributed by atoms with E-state index in [1.54, 1.807) is 6.92 Å². The maximum absolute atomic E-state index is 14.4. The Bertz CT molecular complexity index is 2410. The van der Waals surface area contributed by atoms with E-state index in [9.17, 15) is 73.6 Å². The second kappa shape index (κ2) is 23.3. The molecule has 0 aromatic rings. The highest BCUT2D eigenvalue weighted by atomic mass is 32.3. The molecule has 9 aliphatic rings. The molecule has 8 fully saturated rings. The van der Waals surface area contributed by atoms with Gasteiger partial charge >= 0.3 is 16.4 Å². The van der Waals surface area contributed by atoms with Crippen molar-refractivity contribution in [2.75, 3.05) is 26.9 Å². The number of methoxy groups -OCH3 is 1. The molecule has 28 atom stereocenters. The summed E-state index contributed by atoms with van der Waals surface area (Å²) >= 11 is 0. The molecule has 0 aromatic carbocycles. The first-order chi connectivity index (χ1) is 37.9. The maximum atomic E-state index is 14.4. The highest BCUT2D eigenvalue weighted by Gasteiger charge is 2.80. The van der Waals surface area contributed by atoms with Gasteiger partial charge < -0.3 is 98.4 Å². The third-order valence-corrected chi connectivity index (χ3v) is 21.0. The predicted octanol–water partition coefficient (Wildman–Crippen LogP) is -1.33. The molecule has 5 saturated heterocycles. The van der Waals surface area contributed by atoms with Gasteiger partial charge in [0.05, 0.1) is 38.1 Å². The summed E-state index contributed by atoms with van der Waals surface area (Å²) in [6, 6.07) is 0. The molecule has 0 unspecified atom stereocenters. The Hall–Kier alpha value is -2.01. The molecule has 4 aliphatic carbocycles. The van der Waals surface area contributed by atoms with Gasteiger partial charge in [-0.25, -0.2) is 4.18 Å². The lowest BCUT2D eigenvalue weighted by molar-refractivity contribution is -0.389. The zero-order valence-corrected chi connectivity index (χ0v) is 48.1. The van der Waals surface area contributed by atoms with Crippen molar-refractivity contribution >= 4 is 22.2 Å². The summed E-state index contributed by atoms with van der Waals surface area (Å²) in [4.78, 5) is 28.4. The Morgan fingerprint density at radius 1 is 0.704 bits per heavy atom. The van der Waals surface area contributed by atoms with Gasteiger partial charge in [-0.1, -0.05) is 53.2 Å². The van der Waals surface area contributed by atoms with Crippen LogP contribution in [0.15, 0.2) is 11.6 Å². The van der Waals surface area contributed by atoms with Crippen molar-refractivity contribution in [3.05, 3.63) is 11.6 Å². The standard InChI is InChI=1S/C54H86O26S/c1-22(2)10-13-31(57)53(8)30-14-17-52(7)24-11-12-29-50(4,5)33(15-16-51(29,6)25(24)18-32(58)54(30,52)49(66)79-53)75-48-44(36(61)28(21-71-48)80-81(67,68)69)78-45-38(63)37(62)41(23(3)72-45)76-47-40(65)43(35(60)27(20-56)74-47)77-46-39(64)42(70-9)34(59)26(19-55)73-46/h18,22-24,26-30,32-48,55-56,58-65H,10-17,19-21H2,1-9H3,(H,67,68,69)/t23-,24-,26-,27-,28-,29+,30-,32+,33+,34-,35-,36+,37-,38-,39-,40-,41-,42+,43+,44-,45+,46+,47+,48+,51-,52+,53-,54-/m1/s1. The molecule has 0 aromatic heterocycles. The number of aliphatic hydroxyl groups is 10. The summed E-state index contributed by atoms with van der Waals surface area (Å²) in [7, 11) is -4.01. The van der Waals surface area contributed by atoms with Crippen molar-refractivity contribution in [3.8, 4) is 0 Å². The first kappa shape index (κ1) is 63.5. The van der Waals surface area contributed by atoms with Gasteiger partial charge in [0.2, 0.25) is 0 Å². The number of hydrogen-bond acceptors (Lipinski definition) is 25. The maximum Gasteiger partial charge on any atom is 0.397 e. The number of aliphatic hydroxyl groups excluding tert-OH is 10. The van der Waals surface area contributed by atoms with Crippen LogP contribution in [-0.4, -0.2) is 237 Å². The molecule has 1 spiro atoms. The fraction of sp³-hybridized carbons (Fsp3) is 0.926. The number of Topliss-reactive ketones (excluding diaryl/α,β-unsaturated/α-hetero) is 1. The van der Waals surface area contributed by atoms with E-state index in [-0.39, 0.29) is 30.0 Å². The fourth-order valence-electron chi connectivity index (χ4n) is 16.2. The van der Waals surface area contributed by atoms with Crippen LogP contribution in [0.4, 0.5) is 0 Å². The molecule has 5 aliphatic heterocycles. The van der Waals surface area contributed by atoms with Crippen LogP contribution in [0.2, 0.25) is 0 Å². The van der Waals surface area contributed by atoms with E-state index in [2.05, 4.69) is 13.8 Å². The number of rotatable bonds is 17. The molecule has 0 bridgehead atoms. The monoisotopic (exact) mass is 1180 g/mol. The Kier molecular flexibility index (Phi) is 18.2. The predicted molar refractivity (Wildman–Crippen MR) is 273 cm³/mol. The molecule has 464 valence electrons. The minimum Gasteiger partial charge on any atom is -0.450 e. The zero-order chi connectivity index (χ0) is 59.4. The van der Waals surface area contributed by atoms with E-state index in [0.717, 1.165) is 5.57 Å². The molecule has 0 amide bonds. The molecule has 5 heterocycles. The highest BCUT2D eigenvalue weighted by molar-refractivity contribution is 7.80. The number of ether oxygens (including phenoxy) is 10. The molecule has 11 N–H and O–H groups in total. The van der Waals surface area contributed by atoms with Gasteiger partial charge in [-0.2, -0.15) is 8.42 Å². The summed E-state index contributed by atoms with van der Waals surface area (Å²) in [6.45, 7) is 13.3. The normalized spacial score (nSPS) is 50.7. The third-order valence-electron chi connectivity index (χ3n) is 20.6. The van der Waals surface area contributed by atoms with Crippen LogP contribution < -0.4 is 0 Å². The summed E-state index contributed by atoms with van der Waals surface area (Å²) in [5, 5.41) is 112. The molecule has 9 rings (SSSR count). The van der Waals surface area contributed by atoms with Crippen LogP contribution in [-0.2, 0) is 71.5 Å². The molecular weight excluding hydrogens is 1100 g/mol. The SMILES string of the molecule is CO[C@@H]1[C@@H](O)[C@H](O[C@@H]2[C@@H](O)[C@H](O[C@H]3[C@H](O)[C@@H](O)[C@H](O[C@H]4[C@H](O[C@H]5CC[C@]6(C)C7=C[C@H](O)[C@@]89C(=O)O[C@@](C)(C(=O)CCC(C)C)[C@H]8CC[C@@]9(C)[C@@H]7CC[C@H]6C5(C)C)OC[C@@H](OS(=O)(=O)O)[C@@H]4O)O[C@@H]3C)O[C@H](CO)[C@H]2O)O[C@H](CO)[C@H]1O. The molecule has 27 heteroatoms. The number of hydrogen-bond donors (Lipinski definition) is 11. The zero-order valence-electron chi connectivity index (χ0n) is 47.2. The lowest BCUT2D eigenvalue weighted by Crippen LogP contribution is -2.67. The molecule has 0 radical (unpaired) electrons. The van der Waals surface area contributed by atoms with Crippen LogP contribution >= 0.6 is 0 Å². The second-order valence-corrected chi connectivity index (χ2v) is 26.8. The molecule has 26 nitrogen and oxygen atoms in total. The summed E-state index contributed by atoms with van der Waals surface area (Å²) in [5.74, 6) is -1.10. The molecular formula is C54H86O26S. The number of esters is 1. The Morgan fingerprint density at radius 2 is 1.30 bits per heavy atom. The van der Waals surface area contributed by atoms with E-state index in [4.69, 9.17) is 51.6 Å². The lowest BCUT2D eigenvalue weighted by Gasteiger charge is -2.64. The van der Waals surface area contributed by atoms with Crippen LogP contribution in [0.3, 0.4) is 0 Å². The minimum atomic E-state index is -5.19. The molecule has 81 heavy (non-hydrogen) atoms. The quantitative estimate of drug-likeness (QED) is 0.0348. The first-order valence-corrected chi connectivity index (χ1v) is 29.8. The number of cyclic esters (lactones) is 1. The smallest absolute Gasteiger partial charge is 0.397 e. The largest absolute Gasteiger partial charge is 0.450 e. The second-order valence-electron chi connectivity index (χ2n) is 25.7. The van der Waals surface area contributed by atoms with E-state index in [1.807, 2.05) is 33.8 Å². The van der Waals surface area contributed by atoms with Crippen LogP contribution in [0, 0.1) is 45.3 Å². The average Bonchev–Trinajstić information content (AvgIpc) is 1.62. The van der Waals surface area contributed by atoms with Crippen molar-refractivity contribution in [1.29, 1.82) is 0 Å². The van der Waals surface area contributed by atoms with Gasteiger partial charge in [-0.15, -0.1) is 0 Å². The first-order valence-electron chi connectivity index (χ1n) is 28.4. The van der Waals surface area contributed by atoms with Gasteiger partial charge in [0, 0.05) is 19.4 Å². The average molecular weight is 1180 g/mol. The van der Waals surface area contributed by atoms with Crippen LogP contribution in [0.25, 0.3) is 0 Å². The van der Waals surface area contributed by atoms with Crippen LogP contribution in [0.1, 0.15) is 107 Å². The molecule has 3 saturated carbocycles. The summed E-state index contributed by atoms with van der Waals surface area (Å²) in [6.07, 6.45) is -27.9. The lowest BCUT2D eigenvalue weighted by atomic mass is 9.40. The Labute approximate surface area is 471 Å². The summed E-state index contributed by atoms with van der Waals surface area (Å²) in [5.41, 5.74) is -3.55. The number of ketones is 1. The Morgan fingerprint density at radius 3 is 1.90 bits per heavy atom. The van der Waals surface area contributed by atoms with Gasteiger partial charge in [0.1, 0.15) is 90.9 Å². The fourth-order valence-corrected chi connectivity index (χ4v) is 16.7. The number of carbonyl (C=O) groups excluding carboxylic acids is 2. The van der Waals surface area contributed by atoms with E-state index >= 15 is 0 Å². The number of allylic oxidation sites excluding steroid dienone is 1. The number of carbonyl (C=O) groups is 2. The van der Waals surface area contributed by atoms with Gasteiger partial charge in [-0.3, -0.25) is 14.1 Å². The van der Waals surface area contributed by atoms with E-state index in [0.29, 0.717) is 44.9 Å². The van der Waals surface area contributed by atoms with E-state index in [1.165, 1.54) is 14.0 Å². The number of fused-ring (bicyclic) bond motifs is 4. The summed E-state index contributed by atoms with van der Waals surface area (Å²) < 4.78 is 97.8. The van der Waals surface area contributed by atoms with Gasteiger partial charge in [-0.05, 0) is 92.8 Å². The third kappa shape index (κ3) is 10.6. The van der Waals surface area contributed by atoms with Crippen molar-refractivity contribution in [1.82, 2.24) is 0 Å². The topological polar surface area (TPSA) is 392 Å². The van der Waals surface area contributed by atoms with Crippen molar-refractivity contribution in [2.24, 2.45) is 45.3 Å². The van der Waals surface area contributed by atoms with Crippen molar-refractivity contribution in [3.63, 3.8) is 0 Å². The van der Waals surface area contributed by atoms with Crippen molar-refractivity contribution < 1.29 is 125 Å². The van der Waals surface area contributed by atoms with E-state index < -0.39 is 198 Å². The van der Waals surface area contributed by atoms with Gasteiger partial charge in [0.15, 0.2) is 36.5 Å². The van der Waals surface area contributed by atoms with Gasteiger partial charge in [0.25, 0.3) is 0 Å². The van der Waals surface area contributed by atoms with Crippen LogP contribution in [0.5, 0.6) is 0 Å². The Balaban J connectivity index is 0.909.